The average Bonchev–Trinajstić information content (AvgIpc) is 2.01. The third-order valence-electron chi connectivity index (χ3n) is 1.14. The smallest absolute Gasteiger partial charge is 0.341 e. The Bertz CT molecular complexity index is 155. The first-order chi connectivity index (χ1) is 6.34. The van der Waals surface area contributed by atoms with Crippen LogP contribution in [-0.2, 0) is 4.74 Å². The van der Waals surface area contributed by atoms with Gasteiger partial charge in [0.05, 0.1) is 20.6 Å². The van der Waals surface area contributed by atoms with Gasteiger partial charge in [0.1, 0.15) is 0 Å². The second-order valence-corrected chi connectivity index (χ2v) is 5.65. The zero-order valence-corrected chi connectivity index (χ0v) is 9.46. The van der Waals surface area contributed by atoms with Gasteiger partial charge < -0.3 is 4.74 Å². The van der Waals surface area contributed by atoms with Crippen molar-refractivity contribution >= 4 is 32.7 Å². The highest BCUT2D eigenvalue weighted by atomic mass is 35.5. The van der Waals surface area contributed by atoms with Gasteiger partial charge >= 0.3 is 6.18 Å². The molecule has 0 amide bonds. The van der Waals surface area contributed by atoms with Crippen molar-refractivity contribution in [1.82, 2.24) is 0 Å². The predicted molar refractivity (Wildman–Crippen MR) is 47.6 cm³/mol. The normalized spacial score (nSPS) is 14.8. The molecule has 0 fully saturated rings. The molecule has 1 nitrogen and oxygen atoms in total. The van der Waals surface area contributed by atoms with Crippen molar-refractivity contribution in [1.29, 1.82) is 0 Å². The molecule has 0 aromatic carbocycles. The van der Waals surface area contributed by atoms with Crippen LogP contribution < -0.4 is 0 Å². The summed E-state index contributed by atoms with van der Waals surface area (Å²) >= 11 is 10.7. The Morgan fingerprint density at radius 2 is 1.86 bits per heavy atom. The van der Waals surface area contributed by atoms with Gasteiger partial charge in [0.2, 0.25) is 0 Å². The minimum Gasteiger partial charge on any atom is -0.341 e. The Morgan fingerprint density at radius 3 is 2.29 bits per heavy atom. The Morgan fingerprint density at radius 1 is 1.29 bits per heavy atom. The van der Waals surface area contributed by atoms with E-state index in [4.69, 9.17) is 23.2 Å². The fraction of sp³-hybridized carbons (Fsp3) is 1.00. The molecular weight excluding hydrogens is 263 g/mol. The summed E-state index contributed by atoms with van der Waals surface area (Å²) in [6.07, 6.45) is -7.83. The molecule has 2 radical (unpaired) electrons. The van der Waals surface area contributed by atoms with E-state index in [1.165, 1.54) is 0 Å². The van der Waals surface area contributed by atoms with Crippen LogP contribution in [0, 0.1) is 0 Å². The number of ether oxygens (including phenoxy) is 1. The van der Waals surface area contributed by atoms with Crippen molar-refractivity contribution in [3.63, 3.8) is 0 Å². The standard InChI is InChI=1S/C6H8Cl2F4OSi/c7-5(8)14-3-1-2-13-4(9)6(10,11)12/h4-5H,1-3H2. The third-order valence-corrected chi connectivity index (χ3v) is 3.02. The van der Waals surface area contributed by atoms with Crippen LogP contribution in [-0.4, -0.2) is 33.1 Å². The number of rotatable bonds is 6. The zero-order valence-electron chi connectivity index (χ0n) is 6.95. The van der Waals surface area contributed by atoms with E-state index >= 15 is 0 Å². The zero-order chi connectivity index (χ0) is 11.2. The van der Waals surface area contributed by atoms with Crippen LogP contribution in [0.5, 0.6) is 0 Å². The summed E-state index contributed by atoms with van der Waals surface area (Å²) in [6, 6.07) is 0.530. The summed E-state index contributed by atoms with van der Waals surface area (Å²) in [6.45, 7) is -0.284. The first-order valence-electron chi connectivity index (χ1n) is 3.68. The summed E-state index contributed by atoms with van der Waals surface area (Å²) < 4.78 is 50.1. The lowest BCUT2D eigenvalue weighted by Gasteiger charge is -2.12. The van der Waals surface area contributed by atoms with Crippen LogP contribution >= 0.6 is 23.2 Å². The Labute approximate surface area is 91.5 Å². The van der Waals surface area contributed by atoms with Crippen LogP contribution in [0.4, 0.5) is 17.6 Å². The summed E-state index contributed by atoms with van der Waals surface area (Å²) in [5.74, 6) is 0. The second kappa shape index (κ2) is 6.87. The van der Waals surface area contributed by atoms with Crippen molar-refractivity contribution in [3.05, 3.63) is 0 Å². The number of hydrogen-bond acceptors (Lipinski definition) is 1. The topological polar surface area (TPSA) is 9.23 Å². The van der Waals surface area contributed by atoms with Gasteiger partial charge in [0, 0.05) is 0 Å². The fourth-order valence-electron chi connectivity index (χ4n) is 0.565. The maximum atomic E-state index is 12.1. The summed E-state index contributed by atoms with van der Waals surface area (Å²) in [7, 11) is 0.226. The first-order valence-corrected chi connectivity index (χ1v) is 5.83. The van der Waals surface area contributed by atoms with Crippen molar-refractivity contribution in [3.8, 4) is 0 Å². The van der Waals surface area contributed by atoms with Gasteiger partial charge in [-0.3, -0.25) is 0 Å². The molecule has 1 atom stereocenters. The molecule has 0 N–H and O–H groups in total. The SMILES string of the molecule is FC(OCCC[Si]C(Cl)Cl)C(F)(F)F. The van der Waals surface area contributed by atoms with Crippen LogP contribution in [0.3, 0.4) is 0 Å². The largest absolute Gasteiger partial charge is 0.445 e. The second-order valence-electron chi connectivity index (χ2n) is 2.34. The maximum absolute atomic E-state index is 12.1. The highest BCUT2D eigenvalue weighted by molar-refractivity contribution is 6.68. The van der Waals surface area contributed by atoms with Crippen LogP contribution in [0.2, 0.25) is 6.04 Å². The molecule has 0 aromatic heterocycles. The van der Waals surface area contributed by atoms with Crippen molar-refractivity contribution in [2.45, 2.75) is 29.5 Å². The van der Waals surface area contributed by atoms with Crippen molar-refractivity contribution < 1.29 is 22.3 Å². The lowest BCUT2D eigenvalue weighted by atomic mass is 10.5. The molecule has 0 aliphatic carbocycles. The van der Waals surface area contributed by atoms with Crippen LogP contribution in [0.15, 0.2) is 0 Å². The Balaban J connectivity index is 3.37. The van der Waals surface area contributed by atoms with Gasteiger partial charge in [0.25, 0.3) is 6.36 Å². The molecule has 14 heavy (non-hydrogen) atoms. The number of hydrogen-bond donors (Lipinski definition) is 0. The van der Waals surface area contributed by atoms with Crippen LogP contribution in [0.25, 0.3) is 0 Å². The highest BCUT2D eigenvalue weighted by Crippen LogP contribution is 2.23. The first kappa shape index (κ1) is 14.5. The Kier molecular flexibility index (Phi) is 7.10. The van der Waals surface area contributed by atoms with Crippen molar-refractivity contribution in [2.24, 2.45) is 0 Å². The molecule has 84 valence electrons. The molecule has 0 rings (SSSR count). The minimum absolute atomic E-state index is 0.226. The van der Waals surface area contributed by atoms with E-state index in [1.807, 2.05) is 0 Å². The maximum Gasteiger partial charge on any atom is 0.445 e. The van der Waals surface area contributed by atoms with E-state index in [0.717, 1.165) is 0 Å². The quantitative estimate of drug-likeness (QED) is 0.312. The fourth-order valence-corrected chi connectivity index (χ4v) is 1.79. The third kappa shape index (κ3) is 7.84. The molecule has 0 aliphatic rings. The van der Waals surface area contributed by atoms with Gasteiger partial charge in [-0.1, -0.05) is 6.04 Å². The summed E-state index contributed by atoms with van der Waals surface area (Å²) in [5.41, 5.74) is 0. The molecule has 0 aliphatic heterocycles. The Hall–Kier alpha value is 0.477. The van der Waals surface area contributed by atoms with E-state index in [9.17, 15) is 17.6 Å². The van der Waals surface area contributed by atoms with E-state index in [0.29, 0.717) is 12.5 Å². The number of alkyl halides is 6. The monoisotopic (exact) mass is 270 g/mol. The molecule has 8 heteroatoms. The van der Waals surface area contributed by atoms with E-state index < -0.39 is 17.0 Å². The van der Waals surface area contributed by atoms with E-state index in [-0.39, 0.29) is 16.1 Å². The molecule has 0 saturated heterocycles. The molecule has 0 aromatic rings. The number of halogens is 6. The van der Waals surface area contributed by atoms with Crippen LogP contribution in [0.1, 0.15) is 6.42 Å². The molecule has 1 unspecified atom stereocenters. The molecule has 0 saturated carbocycles. The average molecular weight is 271 g/mol. The van der Waals surface area contributed by atoms with E-state index in [2.05, 4.69) is 4.74 Å². The van der Waals surface area contributed by atoms with Gasteiger partial charge in [-0.05, 0) is 6.42 Å². The lowest BCUT2D eigenvalue weighted by molar-refractivity contribution is -0.264. The molecular formula is C6H8Cl2F4OSi. The van der Waals surface area contributed by atoms with Gasteiger partial charge in [-0.25, -0.2) is 4.39 Å². The molecule has 0 heterocycles. The lowest BCUT2D eigenvalue weighted by Crippen LogP contribution is -2.27. The predicted octanol–water partition coefficient (Wildman–Crippen LogP) is 3.13. The molecule has 0 spiro atoms. The van der Waals surface area contributed by atoms with Crippen molar-refractivity contribution in [2.75, 3.05) is 6.61 Å². The highest BCUT2D eigenvalue weighted by Gasteiger charge is 2.41. The minimum atomic E-state index is -4.94. The van der Waals surface area contributed by atoms with E-state index in [1.54, 1.807) is 0 Å². The van der Waals surface area contributed by atoms with Gasteiger partial charge in [-0.2, -0.15) is 13.2 Å². The molecule has 0 bridgehead atoms. The van der Waals surface area contributed by atoms with Gasteiger partial charge in [-0.15, -0.1) is 23.2 Å². The van der Waals surface area contributed by atoms with Gasteiger partial charge in [0.15, 0.2) is 0 Å². The summed E-state index contributed by atoms with van der Waals surface area (Å²) in [5, 5.41) is 0. The summed E-state index contributed by atoms with van der Waals surface area (Å²) in [4.78, 5) is 0.